The lowest BCUT2D eigenvalue weighted by Gasteiger charge is -2.13. The number of aromatic nitrogens is 2. The molecule has 0 fully saturated rings. The summed E-state index contributed by atoms with van der Waals surface area (Å²) in [5, 5.41) is 15.8. The molecule has 0 aliphatic carbocycles. The number of anilines is 1. The molecule has 0 aliphatic rings. The maximum atomic E-state index is 11.5. The van der Waals surface area contributed by atoms with E-state index in [4.69, 9.17) is 0 Å². The Morgan fingerprint density at radius 1 is 1.39 bits per heavy atom. The van der Waals surface area contributed by atoms with Crippen LogP contribution in [0.25, 0.3) is 0 Å². The van der Waals surface area contributed by atoms with Gasteiger partial charge in [-0.25, -0.2) is 0 Å². The first-order valence-electron chi connectivity index (χ1n) is 6.17. The minimum absolute atomic E-state index is 0.0516. The van der Waals surface area contributed by atoms with Crippen molar-refractivity contribution in [2.75, 3.05) is 32.0 Å². The van der Waals surface area contributed by atoms with Crippen molar-refractivity contribution >= 4 is 22.4 Å². The van der Waals surface area contributed by atoms with Crippen LogP contribution < -0.4 is 10.6 Å². The third-order valence-electron chi connectivity index (χ3n) is 2.19. The number of nitrogens with zero attached hydrogens (tertiary/aromatic N) is 3. The van der Waals surface area contributed by atoms with Crippen LogP contribution in [0.3, 0.4) is 0 Å². The van der Waals surface area contributed by atoms with Crippen LogP contribution in [0.4, 0.5) is 5.13 Å². The summed E-state index contributed by atoms with van der Waals surface area (Å²) in [4.78, 5) is 13.4. The molecule has 0 saturated heterocycles. The first-order valence-corrected chi connectivity index (χ1v) is 6.98. The summed E-state index contributed by atoms with van der Waals surface area (Å²) < 4.78 is 0. The average molecular weight is 271 g/mol. The molecular formula is C11H21N5OS. The molecule has 0 saturated carbocycles. The number of rotatable bonds is 8. The minimum atomic E-state index is 0.0516. The minimum Gasteiger partial charge on any atom is -0.360 e. The van der Waals surface area contributed by atoms with Crippen LogP contribution in [0.1, 0.15) is 25.3 Å². The van der Waals surface area contributed by atoms with Crippen LogP contribution in [0.5, 0.6) is 0 Å². The molecule has 2 N–H and O–H groups in total. The summed E-state index contributed by atoms with van der Waals surface area (Å²) in [6, 6.07) is 0. The van der Waals surface area contributed by atoms with Gasteiger partial charge in [0.1, 0.15) is 5.01 Å². The highest BCUT2D eigenvalue weighted by Gasteiger charge is 2.09. The predicted molar refractivity (Wildman–Crippen MR) is 73.7 cm³/mol. The normalized spacial score (nSPS) is 10.7. The summed E-state index contributed by atoms with van der Waals surface area (Å²) in [6.45, 7) is 6.65. The molecule has 18 heavy (non-hydrogen) atoms. The van der Waals surface area contributed by atoms with Crippen molar-refractivity contribution in [1.82, 2.24) is 20.4 Å². The Labute approximate surface area is 112 Å². The van der Waals surface area contributed by atoms with Crippen LogP contribution in [-0.2, 0) is 11.3 Å². The molecule has 0 bridgehead atoms. The lowest BCUT2D eigenvalue weighted by molar-refractivity contribution is -0.122. The smallest absolute Gasteiger partial charge is 0.234 e. The molecule has 1 aromatic heterocycles. The highest BCUT2D eigenvalue weighted by Crippen LogP contribution is 2.15. The van der Waals surface area contributed by atoms with Gasteiger partial charge >= 0.3 is 0 Å². The lowest BCUT2D eigenvalue weighted by Crippen LogP contribution is -2.35. The van der Waals surface area contributed by atoms with E-state index < -0.39 is 0 Å². The summed E-state index contributed by atoms with van der Waals surface area (Å²) in [6.07, 6.45) is 0.956. The van der Waals surface area contributed by atoms with Crippen molar-refractivity contribution < 1.29 is 4.79 Å². The second-order valence-electron chi connectivity index (χ2n) is 4.05. The SMILES string of the molecule is CCCNC(=O)CN(C)Cc1nnc(NCC)s1. The molecule has 102 valence electrons. The highest BCUT2D eigenvalue weighted by molar-refractivity contribution is 7.15. The highest BCUT2D eigenvalue weighted by atomic mass is 32.1. The van der Waals surface area contributed by atoms with Gasteiger partial charge in [-0.2, -0.15) is 0 Å². The molecule has 0 aliphatic heterocycles. The molecule has 1 amide bonds. The summed E-state index contributed by atoms with van der Waals surface area (Å²) >= 11 is 1.52. The molecule has 0 unspecified atom stereocenters. The van der Waals surface area contributed by atoms with E-state index >= 15 is 0 Å². The molecule has 0 radical (unpaired) electrons. The van der Waals surface area contributed by atoms with Gasteiger partial charge in [0.05, 0.1) is 13.1 Å². The van der Waals surface area contributed by atoms with Crippen molar-refractivity contribution in [3.63, 3.8) is 0 Å². The first kappa shape index (κ1) is 14.8. The van der Waals surface area contributed by atoms with Crippen molar-refractivity contribution in [3.05, 3.63) is 5.01 Å². The van der Waals surface area contributed by atoms with E-state index in [-0.39, 0.29) is 5.91 Å². The fraction of sp³-hybridized carbons (Fsp3) is 0.727. The molecule has 6 nitrogen and oxygen atoms in total. The van der Waals surface area contributed by atoms with Gasteiger partial charge in [-0.05, 0) is 20.4 Å². The molecule has 7 heteroatoms. The lowest BCUT2D eigenvalue weighted by atomic mass is 10.4. The Hall–Kier alpha value is -1.21. The van der Waals surface area contributed by atoms with Crippen LogP contribution >= 0.6 is 11.3 Å². The van der Waals surface area contributed by atoms with Crippen LogP contribution in [0.2, 0.25) is 0 Å². The van der Waals surface area contributed by atoms with Crippen molar-refractivity contribution in [1.29, 1.82) is 0 Å². The summed E-state index contributed by atoms with van der Waals surface area (Å²) in [5.41, 5.74) is 0. The Morgan fingerprint density at radius 2 is 2.17 bits per heavy atom. The maximum Gasteiger partial charge on any atom is 0.234 e. The van der Waals surface area contributed by atoms with E-state index in [1.807, 2.05) is 25.8 Å². The van der Waals surface area contributed by atoms with Gasteiger partial charge in [-0.15, -0.1) is 10.2 Å². The zero-order chi connectivity index (χ0) is 13.4. The third kappa shape index (κ3) is 5.42. The van der Waals surface area contributed by atoms with Crippen molar-refractivity contribution in [3.8, 4) is 0 Å². The fourth-order valence-corrected chi connectivity index (χ4v) is 2.28. The monoisotopic (exact) mass is 271 g/mol. The first-order chi connectivity index (χ1) is 8.65. The number of carbonyl (C=O) groups is 1. The zero-order valence-corrected chi connectivity index (χ0v) is 12.0. The van der Waals surface area contributed by atoms with E-state index in [9.17, 15) is 4.79 Å². The van der Waals surface area contributed by atoms with E-state index in [1.165, 1.54) is 11.3 Å². The zero-order valence-electron chi connectivity index (χ0n) is 11.2. The van der Waals surface area contributed by atoms with Gasteiger partial charge in [-0.1, -0.05) is 18.3 Å². The van der Waals surface area contributed by atoms with Gasteiger partial charge in [-0.3, -0.25) is 9.69 Å². The number of carbonyl (C=O) groups excluding carboxylic acids is 1. The van der Waals surface area contributed by atoms with E-state index in [2.05, 4.69) is 20.8 Å². The van der Waals surface area contributed by atoms with Crippen LogP contribution in [-0.4, -0.2) is 47.7 Å². The molecule has 1 heterocycles. The second-order valence-corrected chi connectivity index (χ2v) is 5.12. The van der Waals surface area contributed by atoms with Crippen molar-refractivity contribution in [2.45, 2.75) is 26.8 Å². The standard InChI is InChI=1S/C11H21N5OS/c1-4-6-13-9(17)7-16(3)8-10-14-15-11(18-10)12-5-2/h4-8H2,1-3H3,(H,12,15)(H,13,17). The molecule has 1 rings (SSSR count). The van der Waals surface area contributed by atoms with Crippen LogP contribution in [0, 0.1) is 0 Å². The van der Waals surface area contributed by atoms with Gasteiger partial charge in [0, 0.05) is 13.1 Å². The number of hydrogen-bond donors (Lipinski definition) is 2. The number of likely N-dealkylation sites (N-methyl/N-ethyl adjacent to an activating group) is 1. The number of hydrogen-bond acceptors (Lipinski definition) is 6. The Balaban J connectivity index is 2.34. The second kappa shape index (κ2) is 7.99. The molecule has 0 aromatic carbocycles. The Morgan fingerprint density at radius 3 is 2.83 bits per heavy atom. The number of nitrogens with one attached hydrogen (secondary N) is 2. The maximum absolute atomic E-state index is 11.5. The molecular weight excluding hydrogens is 250 g/mol. The van der Waals surface area contributed by atoms with E-state index in [0.717, 1.165) is 29.6 Å². The predicted octanol–water partition coefficient (Wildman–Crippen LogP) is 0.928. The topological polar surface area (TPSA) is 70.2 Å². The van der Waals surface area contributed by atoms with E-state index in [1.54, 1.807) is 0 Å². The average Bonchev–Trinajstić information content (AvgIpc) is 2.74. The Bertz CT molecular complexity index is 368. The third-order valence-corrected chi connectivity index (χ3v) is 3.05. The molecule has 0 spiro atoms. The van der Waals surface area contributed by atoms with Gasteiger partial charge in [0.15, 0.2) is 0 Å². The van der Waals surface area contributed by atoms with Crippen molar-refractivity contribution in [2.24, 2.45) is 0 Å². The van der Waals surface area contributed by atoms with Crippen LogP contribution in [0.15, 0.2) is 0 Å². The molecule has 0 atom stereocenters. The van der Waals surface area contributed by atoms with Gasteiger partial charge in [0.2, 0.25) is 11.0 Å². The summed E-state index contributed by atoms with van der Waals surface area (Å²) in [5.74, 6) is 0.0516. The quantitative estimate of drug-likeness (QED) is 0.736. The van der Waals surface area contributed by atoms with E-state index in [0.29, 0.717) is 13.1 Å². The van der Waals surface area contributed by atoms with Gasteiger partial charge < -0.3 is 10.6 Å². The number of amides is 1. The largest absolute Gasteiger partial charge is 0.360 e. The Kier molecular flexibility index (Phi) is 6.59. The fourth-order valence-electron chi connectivity index (χ4n) is 1.39. The summed E-state index contributed by atoms with van der Waals surface area (Å²) in [7, 11) is 1.90. The molecule has 1 aromatic rings. The van der Waals surface area contributed by atoms with Gasteiger partial charge in [0.25, 0.3) is 0 Å².